The van der Waals surface area contributed by atoms with E-state index in [0.29, 0.717) is 0 Å². The molecule has 44 heavy (non-hydrogen) atoms. The van der Waals surface area contributed by atoms with Crippen molar-refractivity contribution in [2.45, 2.75) is 24.7 Å². The third kappa shape index (κ3) is 8.63. The lowest BCUT2D eigenvalue weighted by molar-refractivity contribution is -0.144. The second-order valence-electron chi connectivity index (χ2n) is 8.56. The first-order valence-electron chi connectivity index (χ1n) is 11.2. The zero-order valence-corrected chi connectivity index (χ0v) is 20.7. The van der Waals surface area contributed by atoms with Crippen LogP contribution < -0.4 is 21.3 Å². The highest BCUT2D eigenvalue weighted by molar-refractivity contribution is 6.06. The van der Waals surface area contributed by atoms with Crippen LogP contribution in [0.3, 0.4) is 0 Å². The molecule has 0 aromatic heterocycles. The van der Waals surface area contributed by atoms with E-state index in [1.807, 2.05) is 0 Å². The Balaban J connectivity index is 1.88. The van der Waals surface area contributed by atoms with Crippen LogP contribution in [0.5, 0.6) is 0 Å². The van der Waals surface area contributed by atoms with Crippen LogP contribution in [0.4, 0.5) is 93.8 Å². The number of nitrogens with one attached hydrogen (secondary N) is 4. The van der Waals surface area contributed by atoms with E-state index < -0.39 is 93.4 Å². The molecule has 3 aromatic carbocycles. The molecule has 0 atom stereocenters. The molecule has 238 valence electrons. The van der Waals surface area contributed by atoms with E-state index in [1.165, 1.54) is 0 Å². The molecule has 0 fully saturated rings. The van der Waals surface area contributed by atoms with Gasteiger partial charge in [0, 0.05) is 23.5 Å². The molecule has 0 unspecified atom stereocenters. The minimum atomic E-state index is -5.29. The van der Waals surface area contributed by atoms with Gasteiger partial charge in [0.2, 0.25) is 0 Å². The third-order valence-corrected chi connectivity index (χ3v) is 5.25. The van der Waals surface area contributed by atoms with Gasteiger partial charge >= 0.3 is 36.8 Å². The van der Waals surface area contributed by atoms with E-state index >= 15 is 0 Å². The standard InChI is InChI=1S/C24H12F14N4O2/c25-15-7-17(41-19(43)39-13-3-9(21(27,28)29)1-10(4-13)22(30,31)32)18(8-16(15)26)42-20(44)40-14-5-11(23(33,34)35)2-12(6-14)24(36,37)38/h1-8H,(H2,39,41,43)(H2,40,42,44). The van der Waals surface area contributed by atoms with Gasteiger partial charge in [-0.3, -0.25) is 0 Å². The van der Waals surface area contributed by atoms with Crippen molar-refractivity contribution >= 4 is 34.8 Å². The van der Waals surface area contributed by atoms with E-state index in [4.69, 9.17) is 0 Å². The van der Waals surface area contributed by atoms with Gasteiger partial charge in [-0.1, -0.05) is 0 Å². The topological polar surface area (TPSA) is 82.3 Å². The van der Waals surface area contributed by atoms with Crippen LogP contribution >= 0.6 is 0 Å². The lowest BCUT2D eigenvalue weighted by Crippen LogP contribution is -2.24. The van der Waals surface area contributed by atoms with Crippen molar-refractivity contribution in [2.75, 3.05) is 21.3 Å². The molecule has 0 spiro atoms. The van der Waals surface area contributed by atoms with Crippen LogP contribution in [0.2, 0.25) is 0 Å². The maximum absolute atomic E-state index is 13.9. The Morgan fingerprint density at radius 2 is 0.659 bits per heavy atom. The highest BCUT2D eigenvalue weighted by Crippen LogP contribution is 2.39. The first kappa shape index (κ1) is 33.7. The summed E-state index contributed by atoms with van der Waals surface area (Å²) in [7, 11) is 0. The number of carbonyl (C=O) groups excluding carboxylic acids is 2. The number of hydrogen-bond donors (Lipinski definition) is 4. The van der Waals surface area contributed by atoms with Crippen molar-refractivity contribution in [1.82, 2.24) is 0 Å². The maximum atomic E-state index is 13.9. The van der Waals surface area contributed by atoms with Crippen LogP contribution in [0.1, 0.15) is 22.3 Å². The Bertz CT molecular complexity index is 1400. The van der Waals surface area contributed by atoms with Crippen LogP contribution in [-0.4, -0.2) is 12.1 Å². The Kier molecular flexibility index (Phi) is 8.98. The van der Waals surface area contributed by atoms with Gasteiger partial charge in [0.1, 0.15) is 0 Å². The first-order chi connectivity index (χ1) is 19.9. The number of amides is 4. The monoisotopic (exact) mass is 654 g/mol. The molecule has 3 aromatic rings. The summed E-state index contributed by atoms with van der Waals surface area (Å²) in [6, 6.07) is -3.00. The van der Waals surface area contributed by atoms with Crippen molar-refractivity contribution < 1.29 is 71.1 Å². The highest BCUT2D eigenvalue weighted by atomic mass is 19.4. The van der Waals surface area contributed by atoms with Crippen LogP contribution in [-0.2, 0) is 24.7 Å². The summed E-state index contributed by atoms with van der Waals surface area (Å²) in [5.74, 6) is -3.42. The minimum Gasteiger partial charge on any atom is -0.308 e. The van der Waals surface area contributed by atoms with Crippen LogP contribution in [0.15, 0.2) is 48.5 Å². The Labute approximate surface area is 235 Å². The van der Waals surface area contributed by atoms with Crippen molar-refractivity contribution in [1.29, 1.82) is 0 Å². The van der Waals surface area contributed by atoms with Crippen molar-refractivity contribution in [2.24, 2.45) is 0 Å². The predicted molar refractivity (Wildman–Crippen MR) is 125 cm³/mol. The molecule has 0 bridgehead atoms. The molecule has 0 aliphatic rings. The quantitative estimate of drug-likeness (QED) is 0.212. The molecule has 4 N–H and O–H groups in total. The second-order valence-corrected chi connectivity index (χ2v) is 8.56. The summed E-state index contributed by atoms with van der Waals surface area (Å²) in [5.41, 5.74) is -11.2. The van der Waals surface area contributed by atoms with E-state index in [9.17, 15) is 71.1 Å². The summed E-state index contributed by atoms with van der Waals surface area (Å²) in [5, 5.41) is 6.63. The van der Waals surface area contributed by atoms with E-state index in [1.54, 1.807) is 21.3 Å². The van der Waals surface area contributed by atoms with Gasteiger partial charge in [-0.05, 0) is 36.4 Å². The number of anilines is 4. The smallest absolute Gasteiger partial charge is 0.308 e. The van der Waals surface area contributed by atoms with Crippen molar-refractivity contribution in [3.63, 3.8) is 0 Å². The summed E-state index contributed by atoms with van der Waals surface area (Å²) < 4.78 is 184. The number of hydrogen-bond acceptors (Lipinski definition) is 2. The maximum Gasteiger partial charge on any atom is 0.416 e. The van der Waals surface area contributed by atoms with Gasteiger partial charge in [0.05, 0.1) is 33.6 Å². The van der Waals surface area contributed by atoms with E-state index in [0.717, 1.165) is 0 Å². The average Bonchev–Trinajstić information content (AvgIpc) is 2.84. The van der Waals surface area contributed by atoms with Gasteiger partial charge in [-0.25, -0.2) is 18.4 Å². The SMILES string of the molecule is O=C(Nc1cc(C(F)(F)F)cc(C(F)(F)F)c1)Nc1cc(F)c(F)cc1NC(=O)Nc1cc(C(F)(F)F)cc(C(F)(F)F)c1. The fourth-order valence-electron chi connectivity index (χ4n) is 3.38. The molecule has 0 saturated heterocycles. The van der Waals surface area contributed by atoms with Crippen LogP contribution in [0, 0.1) is 11.6 Å². The van der Waals surface area contributed by atoms with E-state index in [-0.39, 0.29) is 48.5 Å². The number of carbonyl (C=O) groups is 2. The largest absolute Gasteiger partial charge is 0.416 e. The van der Waals surface area contributed by atoms with Gasteiger partial charge in [0.25, 0.3) is 0 Å². The molecular weight excluding hydrogens is 642 g/mol. The molecule has 0 radical (unpaired) electrons. The van der Waals surface area contributed by atoms with Gasteiger partial charge in [-0.2, -0.15) is 52.7 Å². The van der Waals surface area contributed by atoms with Gasteiger partial charge in [0.15, 0.2) is 11.6 Å². The lowest BCUT2D eigenvalue weighted by Gasteiger charge is -2.17. The second kappa shape index (κ2) is 11.7. The summed E-state index contributed by atoms with van der Waals surface area (Å²) >= 11 is 0. The first-order valence-corrected chi connectivity index (χ1v) is 11.2. The average molecular weight is 654 g/mol. The molecule has 3 rings (SSSR count). The van der Waals surface area contributed by atoms with Gasteiger partial charge < -0.3 is 21.3 Å². The minimum absolute atomic E-state index is 0.108. The Hall–Kier alpha value is -4.78. The molecule has 0 aliphatic heterocycles. The summed E-state index contributed by atoms with van der Waals surface area (Å²) in [6.07, 6.45) is -21.2. The lowest BCUT2D eigenvalue weighted by atomic mass is 10.1. The zero-order valence-electron chi connectivity index (χ0n) is 20.7. The molecule has 4 amide bonds. The summed E-state index contributed by atoms with van der Waals surface area (Å²) in [4.78, 5) is 24.7. The fraction of sp³-hybridized carbons (Fsp3) is 0.167. The molecule has 0 saturated carbocycles. The Morgan fingerprint density at radius 3 is 0.886 bits per heavy atom. The van der Waals surface area contributed by atoms with Crippen LogP contribution in [0.25, 0.3) is 0 Å². The van der Waals surface area contributed by atoms with Crippen molar-refractivity contribution in [3.05, 3.63) is 82.4 Å². The van der Waals surface area contributed by atoms with E-state index in [2.05, 4.69) is 0 Å². The summed E-state index contributed by atoms with van der Waals surface area (Å²) in [6.45, 7) is 0. The number of halogens is 14. The normalized spacial score (nSPS) is 12.5. The molecule has 0 aliphatic carbocycles. The molecule has 6 nitrogen and oxygen atoms in total. The fourth-order valence-corrected chi connectivity index (χ4v) is 3.38. The third-order valence-electron chi connectivity index (χ3n) is 5.25. The zero-order chi connectivity index (χ0) is 33.4. The number of alkyl halides is 12. The van der Waals surface area contributed by atoms with Gasteiger partial charge in [-0.15, -0.1) is 0 Å². The Morgan fingerprint density at radius 1 is 0.409 bits per heavy atom. The molecule has 0 heterocycles. The predicted octanol–water partition coefficient (Wildman–Crippen LogP) is 9.33. The number of benzene rings is 3. The molecular formula is C24H12F14N4O2. The number of rotatable bonds is 4. The molecule has 20 heteroatoms. The highest BCUT2D eigenvalue weighted by Gasteiger charge is 2.38. The van der Waals surface area contributed by atoms with Crippen molar-refractivity contribution in [3.8, 4) is 0 Å². The number of urea groups is 2.